The van der Waals surface area contributed by atoms with Crippen LogP contribution in [0.15, 0.2) is 83.3 Å². The van der Waals surface area contributed by atoms with E-state index in [-0.39, 0.29) is 5.91 Å². The molecule has 4 aromatic carbocycles. The monoisotopic (exact) mass is 527 g/mol. The molecule has 0 N–H and O–H groups in total. The second kappa shape index (κ2) is 9.96. The molecule has 1 amide bonds. The zero-order chi connectivity index (χ0) is 24.4. The van der Waals surface area contributed by atoms with Crippen molar-refractivity contribution in [1.82, 2.24) is 0 Å². The number of ether oxygens (including phenoxy) is 2. The summed E-state index contributed by atoms with van der Waals surface area (Å²) >= 11 is 3.67. The standard InChI is InChI=1S/C30H26BrNO3/c1-3-15-32-27-14-7-6-13-24(27)25(30(32)33)16-20-17-26(31)29(28(18-20)34-2)35-19-22-11-8-10-21-9-4-5-12-23(21)22/h4-14,16-18H,3,15,19H2,1-2H3/b25-16-. The number of rotatable bonds is 7. The fourth-order valence-electron chi connectivity index (χ4n) is 4.59. The Morgan fingerprint density at radius 1 is 0.971 bits per heavy atom. The molecule has 0 saturated heterocycles. The van der Waals surface area contributed by atoms with Crippen LogP contribution in [0.4, 0.5) is 5.69 Å². The number of benzene rings is 4. The molecule has 1 aliphatic heterocycles. The number of nitrogens with zero attached hydrogens (tertiary/aromatic N) is 1. The zero-order valence-electron chi connectivity index (χ0n) is 19.8. The second-order valence-corrected chi connectivity index (χ2v) is 9.35. The second-order valence-electron chi connectivity index (χ2n) is 8.49. The summed E-state index contributed by atoms with van der Waals surface area (Å²) in [5.74, 6) is 1.27. The fourth-order valence-corrected chi connectivity index (χ4v) is 5.16. The smallest absolute Gasteiger partial charge is 0.258 e. The molecule has 0 spiro atoms. The van der Waals surface area contributed by atoms with Crippen molar-refractivity contribution in [2.45, 2.75) is 20.0 Å². The highest BCUT2D eigenvalue weighted by Crippen LogP contribution is 2.41. The molecule has 0 bridgehead atoms. The number of fused-ring (bicyclic) bond motifs is 2. The van der Waals surface area contributed by atoms with Gasteiger partial charge in [0.15, 0.2) is 11.5 Å². The Balaban J connectivity index is 1.46. The average molecular weight is 528 g/mol. The van der Waals surface area contributed by atoms with Crippen molar-refractivity contribution < 1.29 is 14.3 Å². The summed E-state index contributed by atoms with van der Waals surface area (Å²) in [5.41, 5.74) is 4.58. The first kappa shape index (κ1) is 23.2. The van der Waals surface area contributed by atoms with Gasteiger partial charge in [0.1, 0.15) is 6.61 Å². The van der Waals surface area contributed by atoms with Crippen LogP contribution in [0.5, 0.6) is 11.5 Å². The van der Waals surface area contributed by atoms with Crippen LogP contribution in [0.1, 0.15) is 30.0 Å². The molecule has 5 heteroatoms. The number of halogens is 1. The Hall–Kier alpha value is -3.57. The average Bonchev–Trinajstić information content (AvgIpc) is 3.14. The summed E-state index contributed by atoms with van der Waals surface area (Å²) in [6, 6.07) is 26.3. The van der Waals surface area contributed by atoms with Crippen molar-refractivity contribution in [2.75, 3.05) is 18.6 Å². The number of methoxy groups -OCH3 is 1. The number of anilines is 1. The molecule has 0 fully saturated rings. The van der Waals surface area contributed by atoms with E-state index in [1.54, 1.807) is 7.11 Å². The van der Waals surface area contributed by atoms with E-state index in [9.17, 15) is 4.79 Å². The third-order valence-corrected chi connectivity index (χ3v) is 6.81. The molecule has 0 radical (unpaired) electrons. The minimum atomic E-state index is 0.0272. The summed E-state index contributed by atoms with van der Waals surface area (Å²) in [6.07, 6.45) is 2.83. The number of hydrogen-bond acceptors (Lipinski definition) is 3. The Kier molecular flexibility index (Phi) is 6.60. The minimum Gasteiger partial charge on any atom is -0.493 e. The molecule has 1 heterocycles. The summed E-state index contributed by atoms with van der Waals surface area (Å²) in [7, 11) is 1.63. The lowest BCUT2D eigenvalue weighted by atomic mass is 10.0. The van der Waals surface area contributed by atoms with E-state index in [1.165, 1.54) is 10.8 Å². The largest absolute Gasteiger partial charge is 0.493 e. The van der Waals surface area contributed by atoms with Crippen LogP contribution in [0.3, 0.4) is 0 Å². The van der Waals surface area contributed by atoms with Crippen molar-refractivity contribution in [3.05, 3.63) is 100 Å². The molecule has 0 atom stereocenters. The van der Waals surface area contributed by atoms with Crippen LogP contribution in [-0.4, -0.2) is 19.6 Å². The van der Waals surface area contributed by atoms with Crippen molar-refractivity contribution in [3.63, 3.8) is 0 Å². The summed E-state index contributed by atoms with van der Waals surface area (Å²) in [4.78, 5) is 15.1. The number of hydrogen-bond donors (Lipinski definition) is 0. The van der Waals surface area contributed by atoms with E-state index in [0.717, 1.165) is 33.3 Å². The Morgan fingerprint density at radius 3 is 2.57 bits per heavy atom. The number of carbonyl (C=O) groups excluding carboxylic acids is 1. The fraction of sp³-hybridized carbons (Fsp3) is 0.167. The predicted octanol–water partition coefficient (Wildman–Crippen LogP) is 7.49. The van der Waals surface area contributed by atoms with Gasteiger partial charge < -0.3 is 14.4 Å². The van der Waals surface area contributed by atoms with E-state index in [2.05, 4.69) is 47.1 Å². The zero-order valence-corrected chi connectivity index (χ0v) is 21.3. The van der Waals surface area contributed by atoms with Gasteiger partial charge in [0.05, 0.1) is 17.3 Å². The van der Waals surface area contributed by atoms with Crippen molar-refractivity contribution >= 4 is 49.9 Å². The lowest BCUT2D eigenvalue weighted by molar-refractivity contribution is -0.113. The molecule has 4 aromatic rings. The SMILES string of the molecule is CCCN1C(=O)/C(=C\c2cc(Br)c(OCc3cccc4ccccc34)c(OC)c2)c2ccccc21. The number of para-hydroxylation sites is 1. The van der Waals surface area contributed by atoms with Gasteiger partial charge in [-0.25, -0.2) is 0 Å². The van der Waals surface area contributed by atoms with E-state index in [0.29, 0.717) is 30.2 Å². The minimum absolute atomic E-state index is 0.0272. The molecule has 0 saturated carbocycles. The van der Waals surface area contributed by atoms with Crippen LogP contribution in [0.2, 0.25) is 0 Å². The van der Waals surface area contributed by atoms with Gasteiger partial charge in [0.2, 0.25) is 0 Å². The van der Waals surface area contributed by atoms with Crippen molar-refractivity contribution in [3.8, 4) is 11.5 Å². The van der Waals surface area contributed by atoms with Gasteiger partial charge >= 0.3 is 0 Å². The Morgan fingerprint density at radius 2 is 1.74 bits per heavy atom. The maximum Gasteiger partial charge on any atom is 0.258 e. The molecule has 176 valence electrons. The predicted molar refractivity (Wildman–Crippen MR) is 146 cm³/mol. The van der Waals surface area contributed by atoms with Crippen LogP contribution >= 0.6 is 15.9 Å². The first-order valence-electron chi connectivity index (χ1n) is 11.7. The summed E-state index contributed by atoms with van der Waals surface area (Å²) in [6.45, 7) is 3.19. The van der Waals surface area contributed by atoms with Gasteiger partial charge in [0, 0.05) is 17.7 Å². The molecule has 5 rings (SSSR count). The molecule has 0 unspecified atom stereocenters. The highest BCUT2D eigenvalue weighted by molar-refractivity contribution is 9.10. The molecule has 0 aromatic heterocycles. The highest BCUT2D eigenvalue weighted by Gasteiger charge is 2.31. The summed E-state index contributed by atoms with van der Waals surface area (Å²) in [5, 5.41) is 2.35. The third-order valence-electron chi connectivity index (χ3n) is 6.22. The molecular formula is C30H26BrNO3. The van der Waals surface area contributed by atoms with Crippen LogP contribution < -0.4 is 14.4 Å². The molecular weight excluding hydrogens is 502 g/mol. The normalized spacial score (nSPS) is 14.0. The Labute approximate surface area is 213 Å². The van der Waals surface area contributed by atoms with Crippen LogP contribution in [0, 0.1) is 0 Å². The van der Waals surface area contributed by atoms with E-state index >= 15 is 0 Å². The van der Waals surface area contributed by atoms with Gasteiger partial charge in [0.25, 0.3) is 5.91 Å². The molecule has 1 aliphatic rings. The van der Waals surface area contributed by atoms with Gasteiger partial charge in [-0.3, -0.25) is 4.79 Å². The van der Waals surface area contributed by atoms with E-state index in [1.807, 2.05) is 65.6 Å². The van der Waals surface area contributed by atoms with Crippen LogP contribution in [-0.2, 0) is 11.4 Å². The summed E-state index contributed by atoms with van der Waals surface area (Å²) < 4.78 is 12.7. The van der Waals surface area contributed by atoms with E-state index < -0.39 is 0 Å². The van der Waals surface area contributed by atoms with Crippen molar-refractivity contribution in [1.29, 1.82) is 0 Å². The van der Waals surface area contributed by atoms with Gasteiger partial charge in [-0.1, -0.05) is 67.6 Å². The molecule has 35 heavy (non-hydrogen) atoms. The van der Waals surface area contributed by atoms with Crippen LogP contribution in [0.25, 0.3) is 22.4 Å². The van der Waals surface area contributed by atoms with Crippen molar-refractivity contribution in [2.24, 2.45) is 0 Å². The maximum atomic E-state index is 13.2. The molecule has 0 aliphatic carbocycles. The first-order valence-corrected chi connectivity index (χ1v) is 12.5. The molecule has 4 nitrogen and oxygen atoms in total. The lowest BCUT2D eigenvalue weighted by Gasteiger charge is -2.15. The Bertz CT molecular complexity index is 1440. The highest BCUT2D eigenvalue weighted by atomic mass is 79.9. The lowest BCUT2D eigenvalue weighted by Crippen LogP contribution is -2.26. The first-order chi connectivity index (χ1) is 17.1. The maximum absolute atomic E-state index is 13.2. The van der Waals surface area contributed by atoms with Gasteiger partial charge in [-0.15, -0.1) is 0 Å². The van der Waals surface area contributed by atoms with E-state index in [4.69, 9.17) is 9.47 Å². The third kappa shape index (κ3) is 4.44. The number of carbonyl (C=O) groups is 1. The van der Waals surface area contributed by atoms with Gasteiger partial charge in [-0.2, -0.15) is 0 Å². The van der Waals surface area contributed by atoms with Gasteiger partial charge in [-0.05, 0) is 68.5 Å². The topological polar surface area (TPSA) is 38.8 Å². The quantitative estimate of drug-likeness (QED) is 0.234. The number of amides is 1.